The van der Waals surface area contributed by atoms with Gasteiger partial charge in [-0.15, -0.1) is 0 Å². The zero-order valence-electron chi connectivity index (χ0n) is 16.3. The van der Waals surface area contributed by atoms with Crippen molar-refractivity contribution >= 4 is 0 Å². The van der Waals surface area contributed by atoms with Crippen LogP contribution < -0.4 is 0 Å². The summed E-state index contributed by atoms with van der Waals surface area (Å²) in [5.74, 6) is 1.45. The van der Waals surface area contributed by atoms with E-state index in [1.165, 1.54) is 12.8 Å². The predicted octanol–water partition coefficient (Wildman–Crippen LogP) is 3.75. The summed E-state index contributed by atoms with van der Waals surface area (Å²) in [6, 6.07) is 0. The van der Waals surface area contributed by atoms with Crippen LogP contribution in [0.4, 0.5) is 0 Å². The topological polar surface area (TPSA) is 60.7 Å². The Kier molecular flexibility index (Phi) is 4.42. The highest BCUT2D eigenvalue weighted by molar-refractivity contribution is 5.11. The van der Waals surface area contributed by atoms with E-state index in [9.17, 15) is 15.3 Å². The molecule has 3 rings (SSSR count). The van der Waals surface area contributed by atoms with E-state index in [1.54, 1.807) is 6.92 Å². The summed E-state index contributed by atoms with van der Waals surface area (Å²) < 4.78 is 0. The molecule has 0 saturated heterocycles. The van der Waals surface area contributed by atoms with Crippen LogP contribution in [0, 0.1) is 34.0 Å². The summed E-state index contributed by atoms with van der Waals surface area (Å²) >= 11 is 0. The summed E-state index contributed by atoms with van der Waals surface area (Å²) in [5.41, 5.74) is -0.396. The van der Waals surface area contributed by atoms with E-state index in [4.69, 9.17) is 0 Å². The first kappa shape index (κ1) is 18.7. The Bertz CT molecular complexity index is 485. The lowest BCUT2D eigenvalue weighted by atomic mass is 9.40. The maximum absolute atomic E-state index is 10.6. The third-order valence-electron chi connectivity index (χ3n) is 8.87. The third-order valence-corrected chi connectivity index (χ3v) is 8.87. The predicted molar refractivity (Wildman–Crippen MR) is 96.5 cm³/mol. The van der Waals surface area contributed by atoms with Crippen LogP contribution in [0.5, 0.6) is 0 Å². The van der Waals surface area contributed by atoms with E-state index in [-0.39, 0.29) is 29.5 Å². The fraction of sp³-hybridized carbons (Fsp3) is 1.00. The van der Waals surface area contributed by atoms with Gasteiger partial charge in [-0.1, -0.05) is 27.7 Å². The minimum absolute atomic E-state index is 0.00176. The lowest BCUT2D eigenvalue weighted by molar-refractivity contribution is -0.195. The molecule has 0 amide bonds. The van der Waals surface area contributed by atoms with E-state index in [2.05, 4.69) is 27.7 Å². The SMILES string of the molecule is CC(O)(CO)C1CCC2C(C)(CCC3C(C)(C)C(O)CCC23C)C1. The molecule has 0 spiro atoms. The van der Waals surface area contributed by atoms with Crippen LogP contribution in [0.15, 0.2) is 0 Å². The van der Waals surface area contributed by atoms with Crippen LogP contribution in [-0.2, 0) is 0 Å². The van der Waals surface area contributed by atoms with Crippen LogP contribution in [-0.4, -0.2) is 33.6 Å². The zero-order chi connectivity index (χ0) is 18.0. The van der Waals surface area contributed by atoms with Crippen molar-refractivity contribution in [3.05, 3.63) is 0 Å². The van der Waals surface area contributed by atoms with Crippen LogP contribution in [0.25, 0.3) is 0 Å². The van der Waals surface area contributed by atoms with E-state index in [0.29, 0.717) is 17.3 Å². The average Bonchev–Trinajstić information content (AvgIpc) is 2.50. The number of fused-ring (bicyclic) bond motifs is 3. The monoisotopic (exact) mass is 338 g/mol. The van der Waals surface area contributed by atoms with Crippen molar-refractivity contribution in [1.82, 2.24) is 0 Å². The molecule has 3 fully saturated rings. The fourth-order valence-electron chi connectivity index (χ4n) is 7.25. The molecule has 0 aromatic heterocycles. The molecule has 7 atom stereocenters. The van der Waals surface area contributed by atoms with Gasteiger partial charge in [-0.2, -0.15) is 0 Å². The molecule has 140 valence electrons. The highest BCUT2D eigenvalue weighted by Crippen LogP contribution is 2.68. The number of hydrogen-bond acceptors (Lipinski definition) is 3. The average molecular weight is 339 g/mol. The molecule has 0 aliphatic heterocycles. The van der Waals surface area contributed by atoms with Crippen LogP contribution in [0.1, 0.15) is 79.6 Å². The van der Waals surface area contributed by atoms with Crippen molar-refractivity contribution in [2.24, 2.45) is 34.0 Å². The van der Waals surface area contributed by atoms with E-state index in [1.807, 2.05) is 0 Å². The van der Waals surface area contributed by atoms with Gasteiger partial charge in [0.1, 0.15) is 0 Å². The van der Waals surface area contributed by atoms with E-state index >= 15 is 0 Å². The second-order valence-electron chi connectivity index (χ2n) is 10.7. The van der Waals surface area contributed by atoms with Crippen LogP contribution >= 0.6 is 0 Å². The van der Waals surface area contributed by atoms with Gasteiger partial charge >= 0.3 is 0 Å². The van der Waals surface area contributed by atoms with Crippen molar-refractivity contribution in [2.75, 3.05) is 6.61 Å². The highest BCUT2D eigenvalue weighted by atomic mass is 16.3. The molecule has 3 aliphatic rings. The lowest BCUT2D eigenvalue weighted by Gasteiger charge is -2.66. The van der Waals surface area contributed by atoms with Crippen molar-refractivity contribution in [3.8, 4) is 0 Å². The Morgan fingerprint density at radius 3 is 2.25 bits per heavy atom. The first-order valence-electron chi connectivity index (χ1n) is 9.99. The molecule has 0 aromatic rings. The summed E-state index contributed by atoms with van der Waals surface area (Å²) in [6.07, 6.45) is 7.43. The quantitative estimate of drug-likeness (QED) is 0.718. The molecular weight excluding hydrogens is 300 g/mol. The van der Waals surface area contributed by atoms with Gasteiger partial charge in [0.2, 0.25) is 0 Å². The molecule has 0 bridgehead atoms. The van der Waals surface area contributed by atoms with Gasteiger partial charge in [0.05, 0.1) is 18.3 Å². The minimum Gasteiger partial charge on any atom is -0.393 e. The standard InChI is InChI=1S/C21H38O3/c1-18(2)15-8-10-19(3)12-14(21(5,24)13-22)6-7-16(19)20(15,4)11-9-17(18)23/h14-17,22-24H,6-13H2,1-5H3. The molecule has 24 heavy (non-hydrogen) atoms. The maximum atomic E-state index is 10.6. The number of aliphatic hydroxyl groups is 3. The molecule has 7 unspecified atom stereocenters. The Balaban J connectivity index is 1.88. The van der Waals surface area contributed by atoms with Crippen LogP contribution in [0.3, 0.4) is 0 Å². The summed E-state index contributed by atoms with van der Waals surface area (Å²) in [5, 5.41) is 30.7. The first-order valence-corrected chi connectivity index (χ1v) is 9.99. The smallest absolute Gasteiger partial charge is 0.0877 e. The zero-order valence-corrected chi connectivity index (χ0v) is 16.3. The van der Waals surface area contributed by atoms with E-state index < -0.39 is 5.60 Å². The largest absolute Gasteiger partial charge is 0.393 e. The molecule has 0 heterocycles. The molecular formula is C21H38O3. The van der Waals surface area contributed by atoms with Crippen LogP contribution in [0.2, 0.25) is 0 Å². The Morgan fingerprint density at radius 2 is 1.62 bits per heavy atom. The van der Waals surface area contributed by atoms with Gasteiger partial charge in [-0.25, -0.2) is 0 Å². The van der Waals surface area contributed by atoms with Gasteiger partial charge in [0, 0.05) is 0 Å². The van der Waals surface area contributed by atoms with Gasteiger partial charge in [0.15, 0.2) is 0 Å². The summed E-state index contributed by atoms with van der Waals surface area (Å²) in [4.78, 5) is 0. The Hall–Kier alpha value is -0.120. The van der Waals surface area contributed by atoms with Gasteiger partial charge in [-0.3, -0.25) is 0 Å². The van der Waals surface area contributed by atoms with Gasteiger partial charge in [-0.05, 0) is 85.9 Å². The molecule has 3 nitrogen and oxygen atoms in total. The van der Waals surface area contributed by atoms with E-state index in [0.717, 1.165) is 32.1 Å². The van der Waals surface area contributed by atoms with Crippen molar-refractivity contribution < 1.29 is 15.3 Å². The lowest BCUT2D eigenvalue weighted by Crippen LogP contribution is -2.60. The molecule has 0 radical (unpaired) electrons. The Labute approximate surface area is 147 Å². The van der Waals surface area contributed by atoms with Crippen molar-refractivity contribution in [3.63, 3.8) is 0 Å². The minimum atomic E-state index is -0.951. The maximum Gasteiger partial charge on any atom is 0.0877 e. The number of hydrogen-bond donors (Lipinski definition) is 3. The Morgan fingerprint density at radius 1 is 0.958 bits per heavy atom. The molecule has 3 N–H and O–H groups in total. The summed E-state index contributed by atoms with van der Waals surface area (Å²) in [7, 11) is 0. The molecule has 3 heteroatoms. The first-order chi connectivity index (χ1) is 11.0. The van der Waals surface area contributed by atoms with Gasteiger partial charge < -0.3 is 15.3 Å². The number of aliphatic hydroxyl groups excluding tert-OH is 2. The molecule has 3 saturated carbocycles. The van der Waals surface area contributed by atoms with Gasteiger partial charge in [0.25, 0.3) is 0 Å². The second kappa shape index (κ2) is 5.69. The van der Waals surface area contributed by atoms with Crippen molar-refractivity contribution in [1.29, 1.82) is 0 Å². The van der Waals surface area contributed by atoms with Crippen molar-refractivity contribution in [2.45, 2.75) is 91.3 Å². The highest BCUT2D eigenvalue weighted by Gasteiger charge is 2.61. The number of rotatable bonds is 2. The summed E-state index contributed by atoms with van der Waals surface area (Å²) in [6.45, 7) is 11.1. The normalized spacial score (nSPS) is 50.5. The fourth-order valence-corrected chi connectivity index (χ4v) is 7.25. The molecule has 0 aromatic carbocycles. The third kappa shape index (κ3) is 2.57. The second-order valence-corrected chi connectivity index (χ2v) is 10.7. The molecule has 3 aliphatic carbocycles.